The van der Waals surface area contributed by atoms with Crippen LogP contribution in [0.25, 0.3) is 0 Å². The van der Waals surface area contributed by atoms with Crippen LogP contribution in [-0.2, 0) is 6.42 Å². The summed E-state index contributed by atoms with van der Waals surface area (Å²) in [5.74, 6) is 0.961. The molecular formula is C16H21NOS. The molecule has 2 aromatic rings. The van der Waals surface area contributed by atoms with Crippen LogP contribution in [0.1, 0.15) is 29.8 Å². The quantitative estimate of drug-likeness (QED) is 0.823. The molecule has 1 heterocycles. The van der Waals surface area contributed by atoms with Gasteiger partial charge in [-0.3, -0.25) is 0 Å². The van der Waals surface area contributed by atoms with Gasteiger partial charge in [-0.15, -0.1) is 11.3 Å². The lowest BCUT2D eigenvalue weighted by Crippen LogP contribution is -2.15. The molecule has 1 atom stereocenters. The van der Waals surface area contributed by atoms with E-state index in [1.807, 2.05) is 13.1 Å². The number of hydrogen-bond donors (Lipinski definition) is 1. The highest BCUT2D eigenvalue weighted by molar-refractivity contribution is 7.09. The van der Waals surface area contributed by atoms with Crippen molar-refractivity contribution in [2.24, 2.45) is 0 Å². The third-order valence-electron chi connectivity index (χ3n) is 3.21. The monoisotopic (exact) mass is 275 g/mol. The molecular weight excluding hydrogens is 254 g/mol. The zero-order chi connectivity index (χ0) is 13.5. The fraction of sp³-hybridized carbons (Fsp3) is 0.375. The van der Waals surface area contributed by atoms with Crippen LogP contribution < -0.4 is 10.1 Å². The van der Waals surface area contributed by atoms with E-state index >= 15 is 0 Å². The van der Waals surface area contributed by atoms with Crippen molar-refractivity contribution in [2.45, 2.75) is 25.8 Å². The third kappa shape index (κ3) is 4.08. The molecule has 0 aliphatic carbocycles. The molecule has 0 bridgehead atoms. The van der Waals surface area contributed by atoms with Crippen LogP contribution in [0.5, 0.6) is 5.75 Å². The molecule has 3 heteroatoms. The molecule has 102 valence electrons. The van der Waals surface area contributed by atoms with Crippen LogP contribution in [0.2, 0.25) is 0 Å². The molecule has 0 amide bonds. The first kappa shape index (κ1) is 14.1. The second-order valence-corrected chi connectivity index (χ2v) is 5.53. The minimum Gasteiger partial charge on any atom is -0.493 e. The maximum absolute atomic E-state index is 5.84. The Morgan fingerprint density at radius 1 is 1.26 bits per heavy atom. The van der Waals surface area contributed by atoms with Crippen molar-refractivity contribution in [3.63, 3.8) is 0 Å². The molecule has 0 saturated carbocycles. The average Bonchev–Trinajstić information content (AvgIpc) is 2.94. The van der Waals surface area contributed by atoms with Crippen molar-refractivity contribution < 1.29 is 4.74 Å². The van der Waals surface area contributed by atoms with Gasteiger partial charge >= 0.3 is 0 Å². The van der Waals surface area contributed by atoms with Crippen LogP contribution in [-0.4, -0.2) is 13.7 Å². The Morgan fingerprint density at radius 3 is 2.84 bits per heavy atom. The van der Waals surface area contributed by atoms with E-state index < -0.39 is 0 Å². The Balaban J connectivity index is 1.91. The molecule has 19 heavy (non-hydrogen) atoms. The molecule has 1 aromatic heterocycles. The zero-order valence-electron chi connectivity index (χ0n) is 11.6. The number of ether oxygens (including phenoxy) is 1. The van der Waals surface area contributed by atoms with Gasteiger partial charge in [0.05, 0.1) is 6.61 Å². The average molecular weight is 275 g/mol. The maximum atomic E-state index is 5.84. The number of benzene rings is 1. The Labute approximate surface area is 119 Å². The lowest BCUT2D eigenvalue weighted by molar-refractivity contribution is 0.322. The first-order chi connectivity index (χ1) is 9.33. The lowest BCUT2D eigenvalue weighted by atomic mass is 10.0. The second-order valence-electron chi connectivity index (χ2n) is 4.50. The molecule has 2 nitrogen and oxygen atoms in total. The molecule has 1 aromatic carbocycles. The smallest absolute Gasteiger partial charge is 0.119 e. The van der Waals surface area contributed by atoms with Gasteiger partial charge in [0.2, 0.25) is 0 Å². The van der Waals surface area contributed by atoms with E-state index in [9.17, 15) is 0 Å². The minimum atomic E-state index is 0.404. The lowest BCUT2D eigenvalue weighted by Gasteiger charge is -2.15. The third-order valence-corrected chi connectivity index (χ3v) is 4.15. The number of thiophene rings is 1. The van der Waals surface area contributed by atoms with E-state index in [2.05, 4.69) is 48.0 Å². The van der Waals surface area contributed by atoms with Crippen LogP contribution >= 0.6 is 11.3 Å². The summed E-state index contributed by atoms with van der Waals surface area (Å²) in [5, 5.41) is 5.43. The summed E-state index contributed by atoms with van der Waals surface area (Å²) in [6.45, 7) is 2.92. The van der Waals surface area contributed by atoms with Gasteiger partial charge in [0.25, 0.3) is 0 Å². The predicted molar refractivity (Wildman–Crippen MR) is 82.1 cm³/mol. The van der Waals surface area contributed by atoms with Gasteiger partial charge in [-0.05, 0) is 42.6 Å². The van der Waals surface area contributed by atoms with Gasteiger partial charge in [-0.2, -0.15) is 0 Å². The zero-order valence-corrected chi connectivity index (χ0v) is 12.4. The predicted octanol–water partition coefficient (Wildman–Crippen LogP) is 4.04. The summed E-state index contributed by atoms with van der Waals surface area (Å²) in [6, 6.07) is 13.0. The summed E-state index contributed by atoms with van der Waals surface area (Å²) in [4.78, 5) is 1.37. The molecule has 1 N–H and O–H groups in total. The van der Waals surface area contributed by atoms with Gasteiger partial charge in [0.15, 0.2) is 0 Å². The fourth-order valence-corrected chi connectivity index (χ4v) is 2.84. The van der Waals surface area contributed by atoms with E-state index in [-0.39, 0.29) is 0 Å². The highest BCUT2D eigenvalue weighted by Crippen LogP contribution is 2.21. The summed E-state index contributed by atoms with van der Waals surface area (Å²) in [7, 11) is 2.00. The van der Waals surface area contributed by atoms with Gasteiger partial charge < -0.3 is 10.1 Å². The molecule has 0 fully saturated rings. The van der Waals surface area contributed by atoms with Crippen molar-refractivity contribution >= 4 is 11.3 Å². The number of rotatable bonds is 7. The SMILES string of the molecule is CCC(NC)c1cccc(OCCc2cccs2)c1. The summed E-state index contributed by atoms with van der Waals surface area (Å²) in [5.41, 5.74) is 1.29. The number of nitrogens with one attached hydrogen (secondary N) is 1. The maximum Gasteiger partial charge on any atom is 0.119 e. The Bertz CT molecular complexity index is 477. The van der Waals surface area contributed by atoms with Crippen LogP contribution in [0, 0.1) is 0 Å². The second kappa shape index (κ2) is 7.31. The van der Waals surface area contributed by atoms with Crippen LogP contribution in [0.3, 0.4) is 0 Å². The van der Waals surface area contributed by atoms with Crippen molar-refractivity contribution in [1.82, 2.24) is 5.32 Å². The van der Waals surface area contributed by atoms with Gasteiger partial charge in [-0.1, -0.05) is 25.1 Å². The Hall–Kier alpha value is -1.32. The fourth-order valence-electron chi connectivity index (χ4n) is 2.15. The standard InChI is InChI=1S/C16H21NOS/c1-3-16(17-2)13-6-4-7-14(12-13)18-10-9-15-8-5-11-19-15/h4-8,11-12,16-17H,3,9-10H2,1-2H3. The minimum absolute atomic E-state index is 0.404. The number of hydrogen-bond acceptors (Lipinski definition) is 3. The van der Waals surface area contributed by atoms with Crippen molar-refractivity contribution in [1.29, 1.82) is 0 Å². The topological polar surface area (TPSA) is 21.3 Å². The Morgan fingerprint density at radius 2 is 2.16 bits per heavy atom. The molecule has 0 saturated heterocycles. The van der Waals surface area contributed by atoms with E-state index in [1.54, 1.807) is 11.3 Å². The molecule has 0 aliphatic rings. The molecule has 0 radical (unpaired) electrons. The molecule has 0 aliphatic heterocycles. The van der Waals surface area contributed by atoms with Gasteiger partial charge in [-0.25, -0.2) is 0 Å². The summed E-state index contributed by atoms with van der Waals surface area (Å²) < 4.78 is 5.84. The Kier molecular flexibility index (Phi) is 5.43. The van der Waals surface area contributed by atoms with Crippen LogP contribution in [0.15, 0.2) is 41.8 Å². The summed E-state index contributed by atoms with van der Waals surface area (Å²) >= 11 is 1.78. The highest BCUT2D eigenvalue weighted by Gasteiger charge is 2.07. The van der Waals surface area contributed by atoms with Crippen molar-refractivity contribution in [3.8, 4) is 5.75 Å². The molecule has 2 rings (SSSR count). The van der Waals surface area contributed by atoms with Crippen molar-refractivity contribution in [3.05, 3.63) is 52.2 Å². The largest absolute Gasteiger partial charge is 0.493 e. The van der Waals surface area contributed by atoms with Gasteiger partial charge in [0.1, 0.15) is 5.75 Å². The van der Waals surface area contributed by atoms with Gasteiger partial charge in [0, 0.05) is 17.3 Å². The summed E-state index contributed by atoms with van der Waals surface area (Å²) in [6.07, 6.45) is 2.06. The van der Waals surface area contributed by atoms with Crippen molar-refractivity contribution in [2.75, 3.05) is 13.7 Å². The van der Waals surface area contributed by atoms with E-state index in [0.717, 1.165) is 25.2 Å². The van der Waals surface area contributed by atoms with E-state index in [1.165, 1.54) is 10.4 Å². The first-order valence-electron chi connectivity index (χ1n) is 6.76. The first-order valence-corrected chi connectivity index (χ1v) is 7.64. The van der Waals surface area contributed by atoms with Crippen LogP contribution in [0.4, 0.5) is 0 Å². The van der Waals surface area contributed by atoms with E-state index in [4.69, 9.17) is 4.74 Å². The van der Waals surface area contributed by atoms with E-state index in [0.29, 0.717) is 6.04 Å². The normalized spacial score (nSPS) is 12.3. The molecule has 0 spiro atoms. The molecule has 1 unspecified atom stereocenters. The highest BCUT2D eigenvalue weighted by atomic mass is 32.1.